The number of ether oxygens (including phenoxy) is 3. The third kappa shape index (κ3) is 65.7. The van der Waals surface area contributed by atoms with Crippen LogP contribution in [0.3, 0.4) is 0 Å². The fraction of sp³-hybridized carbons (Fsp3) is 0.797. The van der Waals surface area contributed by atoms with Crippen molar-refractivity contribution in [2.75, 3.05) is 13.2 Å². The molecule has 0 aromatic rings. The molecule has 0 aliphatic heterocycles. The minimum absolute atomic E-state index is 0.0798. The fourth-order valence-electron chi connectivity index (χ4n) is 10.2. The van der Waals surface area contributed by atoms with Crippen LogP contribution in [0.2, 0.25) is 0 Å². The molecule has 0 N–H and O–H groups in total. The summed E-state index contributed by atoms with van der Waals surface area (Å²) in [7, 11) is 0. The SMILES string of the molecule is CC/C=C\C/C=C\C/C=C\C/C=C\C/C=C\CCCCCCCCCC(=O)OCC(COC(=O)CCCCCCC/C=C\CCCCCCCCC)OC(=O)CCCCCCCCCCCCCCCCCCCCCCCCC. The minimum atomic E-state index is -0.784. The van der Waals surface area contributed by atoms with Gasteiger partial charge in [-0.25, -0.2) is 0 Å². The third-order valence-corrected chi connectivity index (χ3v) is 15.4. The van der Waals surface area contributed by atoms with Crippen molar-refractivity contribution >= 4 is 17.9 Å². The maximum absolute atomic E-state index is 13.0. The maximum atomic E-state index is 13.0. The summed E-state index contributed by atoms with van der Waals surface area (Å²) in [6, 6.07) is 0. The van der Waals surface area contributed by atoms with E-state index in [0.717, 1.165) is 103 Å². The van der Waals surface area contributed by atoms with Crippen LogP contribution >= 0.6 is 0 Å². The normalized spacial score (nSPS) is 12.5. The molecule has 0 saturated carbocycles. The quantitative estimate of drug-likeness (QED) is 0.0261. The van der Waals surface area contributed by atoms with Gasteiger partial charge in [0.25, 0.3) is 0 Å². The number of esters is 3. The molecule has 0 fully saturated rings. The first kappa shape index (κ1) is 76.9. The molecular weight excluding hydrogens is 985 g/mol. The first-order valence-electron chi connectivity index (χ1n) is 34.9. The molecule has 1 atom stereocenters. The third-order valence-electron chi connectivity index (χ3n) is 15.4. The van der Waals surface area contributed by atoms with Gasteiger partial charge in [0.2, 0.25) is 0 Å². The zero-order chi connectivity index (χ0) is 57.8. The van der Waals surface area contributed by atoms with E-state index in [1.807, 2.05) is 0 Å². The van der Waals surface area contributed by atoms with Gasteiger partial charge in [0.15, 0.2) is 6.10 Å². The molecule has 0 saturated heterocycles. The molecule has 6 nitrogen and oxygen atoms in total. The molecular formula is C74H132O6. The molecule has 1 unspecified atom stereocenters. The molecule has 0 aliphatic rings. The maximum Gasteiger partial charge on any atom is 0.306 e. The van der Waals surface area contributed by atoms with Gasteiger partial charge in [0.05, 0.1) is 0 Å². The van der Waals surface area contributed by atoms with Crippen LogP contribution in [-0.2, 0) is 28.6 Å². The van der Waals surface area contributed by atoms with Crippen LogP contribution in [0.25, 0.3) is 0 Å². The van der Waals surface area contributed by atoms with Crippen LogP contribution in [0.1, 0.15) is 361 Å². The summed E-state index contributed by atoms with van der Waals surface area (Å²) in [5.41, 5.74) is 0. The van der Waals surface area contributed by atoms with Crippen LogP contribution in [0.5, 0.6) is 0 Å². The molecule has 0 heterocycles. The first-order valence-corrected chi connectivity index (χ1v) is 34.9. The lowest BCUT2D eigenvalue weighted by atomic mass is 10.0. The molecule has 0 radical (unpaired) electrons. The summed E-state index contributed by atoms with van der Waals surface area (Å²) in [6.45, 7) is 6.57. The highest BCUT2D eigenvalue weighted by Crippen LogP contribution is 2.18. The Bertz CT molecular complexity index is 1470. The average molecular weight is 1120 g/mol. The molecule has 0 aromatic carbocycles. The smallest absolute Gasteiger partial charge is 0.306 e. The highest BCUT2D eigenvalue weighted by Gasteiger charge is 2.19. The summed E-state index contributed by atoms with van der Waals surface area (Å²) in [4.78, 5) is 38.5. The predicted molar refractivity (Wildman–Crippen MR) is 348 cm³/mol. The Morgan fingerprint density at radius 2 is 0.487 bits per heavy atom. The summed E-state index contributed by atoms with van der Waals surface area (Å²) < 4.78 is 17.0. The van der Waals surface area contributed by atoms with E-state index in [0.29, 0.717) is 19.3 Å². The van der Waals surface area contributed by atoms with Crippen molar-refractivity contribution in [2.45, 2.75) is 367 Å². The van der Waals surface area contributed by atoms with Crippen molar-refractivity contribution in [3.8, 4) is 0 Å². The fourth-order valence-corrected chi connectivity index (χ4v) is 10.2. The van der Waals surface area contributed by atoms with Crippen molar-refractivity contribution in [1.29, 1.82) is 0 Å². The van der Waals surface area contributed by atoms with Crippen LogP contribution in [-0.4, -0.2) is 37.2 Å². The Kier molecular flexibility index (Phi) is 65.7. The zero-order valence-corrected chi connectivity index (χ0v) is 53.3. The molecule has 0 bridgehead atoms. The van der Waals surface area contributed by atoms with Gasteiger partial charge in [-0.1, -0.05) is 325 Å². The summed E-state index contributed by atoms with van der Waals surface area (Å²) >= 11 is 0. The van der Waals surface area contributed by atoms with Crippen LogP contribution in [0, 0.1) is 0 Å². The Morgan fingerprint density at radius 1 is 0.263 bits per heavy atom. The van der Waals surface area contributed by atoms with Gasteiger partial charge in [-0.3, -0.25) is 14.4 Å². The molecule has 0 aromatic heterocycles. The number of allylic oxidation sites excluding steroid dienone is 12. The molecule has 0 aliphatic carbocycles. The first-order chi connectivity index (χ1) is 39.5. The van der Waals surface area contributed by atoms with Gasteiger partial charge in [0, 0.05) is 19.3 Å². The largest absolute Gasteiger partial charge is 0.462 e. The predicted octanol–water partition coefficient (Wildman–Crippen LogP) is 24.1. The van der Waals surface area contributed by atoms with Crippen molar-refractivity contribution in [3.63, 3.8) is 0 Å². The molecule has 0 rings (SSSR count). The monoisotopic (exact) mass is 1120 g/mol. The van der Waals surface area contributed by atoms with Crippen LogP contribution < -0.4 is 0 Å². The van der Waals surface area contributed by atoms with E-state index >= 15 is 0 Å². The average Bonchev–Trinajstić information content (AvgIpc) is 3.46. The number of rotatable bonds is 64. The second kappa shape index (κ2) is 68.3. The summed E-state index contributed by atoms with van der Waals surface area (Å²) in [5.74, 6) is -0.876. The van der Waals surface area contributed by atoms with E-state index in [9.17, 15) is 14.4 Å². The van der Waals surface area contributed by atoms with Gasteiger partial charge >= 0.3 is 17.9 Å². The van der Waals surface area contributed by atoms with E-state index in [1.54, 1.807) is 0 Å². The number of carbonyl (C=O) groups is 3. The Hall–Kier alpha value is -3.15. The minimum Gasteiger partial charge on any atom is -0.462 e. The van der Waals surface area contributed by atoms with Crippen molar-refractivity contribution < 1.29 is 28.6 Å². The van der Waals surface area contributed by atoms with Crippen LogP contribution in [0.15, 0.2) is 72.9 Å². The van der Waals surface area contributed by atoms with Crippen molar-refractivity contribution in [2.24, 2.45) is 0 Å². The van der Waals surface area contributed by atoms with E-state index in [1.165, 1.54) is 218 Å². The summed E-state index contributed by atoms with van der Waals surface area (Å²) in [5, 5.41) is 0. The zero-order valence-electron chi connectivity index (χ0n) is 53.3. The molecule has 0 spiro atoms. The second-order valence-corrected chi connectivity index (χ2v) is 23.4. The standard InChI is InChI=1S/C74H132O6/c1-4-7-10-13-16-19-22-25-28-31-33-35-37-39-41-43-46-49-52-55-58-61-64-67-73(76)79-70-71(69-78-72(75)66-63-60-57-54-51-48-45-30-27-24-21-18-15-12-9-6-3)80-74(77)68-65-62-59-56-53-50-47-44-42-40-38-36-34-32-29-26-23-20-17-14-11-8-5-2/h7,10,16,19,25,28,30,33,35,39,41,45,71H,4-6,8-9,11-15,17-18,20-24,26-27,29,31-32,34,36-38,40,42-44,46-70H2,1-3H3/b10-7-,19-16-,28-25-,35-33-,41-39-,45-30-. The lowest BCUT2D eigenvalue weighted by Gasteiger charge is -2.18. The van der Waals surface area contributed by atoms with Crippen LogP contribution in [0.4, 0.5) is 0 Å². The number of unbranched alkanes of at least 4 members (excludes halogenated alkanes) is 41. The lowest BCUT2D eigenvalue weighted by molar-refractivity contribution is -0.167. The Labute approximate surface area is 497 Å². The number of hydrogen-bond acceptors (Lipinski definition) is 6. The van der Waals surface area contributed by atoms with Gasteiger partial charge < -0.3 is 14.2 Å². The lowest BCUT2D eigenvalue weighted by Crippen LogP contribution is -2.30. The molecule has 80 heavy (non-hydrogen) atoms. The summed E-state index contributed by atoms with van der Waals surface area (Å²) in [6.07, 6.45) is 89.2. The van der Waals surface area contributed by atoms with Crippen molar-refractivity contribution in [1.82, 2.24) is 0 Å². The highest BCUT2D eigenvalue weighted by molar-refractivity contribution is 5.71. The Balaban J connectivity index is 4.35. The molecule has 0 amide bonds. The van der Waals surface area contributed by atoms with E-state index < -0.39 is 6.10 Å². The second-order valence-electron chi connectivity index (χ2n) is 23.4. The van der Waals surface area contributed by atoms with Crippen molar-refractivity contribution in [3.05, 3.63) is 72.9 Å². The van der Waals surface area contributed by atoms with Gasteiger partial charge in [-0.2, -0.15) is 0 Å². The van der Waals surface area contributed by atoms with E-state index in [4.69, 9.17) is 14.2 Å². The van der Waals surface area contributed by atoms with Gasteiger partial charge in [-0.15, -0.1) is 0 Å². The van der Waals surface area contributed by atoms with Gasteiger partial charge in [0.1, 0.15) is 13.2 Å². The molecule has 464 valence electrons. The van der Waals surface area contributed by atoms with E-state index in [2.05, 4.69) is 93.7 Å². The van der Waals surface area contributed by atoms with Gasteiger partial charge in [-0.05, 0) is 89.9 Å². The number of carbonyl (C=O) groups excluding carboxylic acids is 3. The van der Waals surface area contributed by atoms with E-state index in [-0.39, 0.29) is 31.1 Å². The highest BCUT2D eigenvalue weighted by atomic mass is 16.6. The molecule has 6 heteroatoms. The Morgan fingerprint density at radius 3 is 0.775 bits per heavy atom. The topological polar surface area (TPSA) is 78.9 Å². The number of hydrogen-bond donors (Lipinski definition) is 0.